The standard InChI is InChI=1S/C13H8Cl2FNO3/c14-7-8-9(15)3-1-6-12(8)20-13-10(16)4-2-5-11(13)17(18)19/h1-6H,7H2. The summed E-state index contributed by atoms with van der Waals surface area (Å²) in [6.45, 7) is 0. The van der Waals surface area contributed by atoms with Gasteiger partial charge in [-0.3, -0.25) is 10.1 Å². The Morgan fingerprint density at radius 1 is 1.25 bits per heavy atom. The molecule has 2 rings (SSSR count). The Hall–Kier alpha value is -1.85. The fraction of sp³-hybridized carbons (Fsp3) is 0.0769. The summed E-state index contributed by atoms with van der Waals surface area (Å²) < 4.78 is 19.1. The van der Waals surface area contributed by atoms with Gasteiger partial charge in [-0.2, -0.15) is 0 Å². The second-order valence-electron chi connectivity index (χ2n) is 3.80. The molecule has 2 aromatic rings. The van der Waals surface area contributed by atoms with Gasteiger partial charge in [-0.05, 0) is 18.2 Å². The maximum atomic E-state index is 13.7. The number of nitro groups is 1. The molecule has 104 valence electrons. The molecule has 0 bridgehead atoms. The molecule has 4 nitrogen and oxygen atoms in total. The molecule has 20 heavy (non-hydrogen) atoms. The van der Waals surface area contributed by atoms with Crippen molar-refractivity contribution in [3.8, 4) is 11.5 Å². The molecule has 0 N–H and O–H groups in total. The molecule has 0 atom stereocenters. The highest BCUT2D eigenvalue weighted by Crippen LogP contribution is 2.37. The van der Waals surface area contributed by atoms with Crippen LogP contribution in [0.2, 0.25) is 5.02 Å². The summed E-state index contributed by atoms with van der Waals surface area (Å²) >= 11 is 11.7. The van der Waals surface area contributed by atoms with E-state index in [4.69, 9.17) is 27.9 Å². The predicted molar refractivity (Wildman–Crippen MR) is 74.1 cm³/mol. The Morgan fingerprint density at radius 2 is 1.95 bits per heavy atom. The Balaban J connectivity index is 2.50. The van der Waals surface area contributed by atoms with Crippen molar-refractivity contribution in [3.05, 3.63) is 62.9 Å². The van der Waals surface area contributed by atoms with Crippen molar-refractivity contribution in [2.24, 2.45) is 0 Å². The van der Waals surface area contributed by atoms with Crippen LogP contribution in [0, 0.1) is 15.9 Å². The SMILES string of the molecule is O=[N+]([O-])c1cccc(F)c1Oc1cccc(Cl)c1CCl. The molecule has 0 radical (unpaired) electrons. The maximum absolute atomic E-state index is 13.7. The van der Waals surface area contributed by atoms with Crippen LogP contribution in [0.3, 0.4) is 0 Å². The number of rotatable bonds is 4. The number of nitro benzene ring substituents is 1. The second kappa shape index (κ2) is 6.07. The van der Waals surface area contributed by atoms with Crippen LogP contribution in [0.1, 0.15) is 5.56 Å². The van der Waals surface area contributed by atoms with Gasteiger partial charge in [0.05, 0.1) is 10.8 Å². The van der Waals surface area contributed by atoms with E-state index in [0.29, 0.717) is 10.6 Å². The highest BCUT2D eigenvalue weighted by atomic mass is 35.5. The van der Waals surface area contributed by atoms with E-state index in [-0.39, 0.29) is 11.6 Å². The largest absolute Gasteiger partial charge is 0.447 e. The van der Waals surface area contributed by atoms with Crippen LogP contribution >= 0.6 is 23.2 Å². The number of para-hydroxylation sites is 1. The van der Waals surface area contributed by atoms with Crippen LogP contribution in [0.25, 0.3) is 0 Å². The van der Waals surface area contributed by atoms with Gasteiger partial charge in [0.1, 0.15) is 5.75 Å². The van der Waals surface area contributed by atoms with Gasteiger partial charge >= 0.3 is 5.69 Å². The number of hydrogen-bond acceptors (Lipinski definition) is 3. The number of halogens is 3. The van der Waals surface area contributed by atoms with Gasteiger partial charge in [0, 0.05) is 16.7 Å². The molecule has 0 amide bonds. The topological polar surface area (TPSA) is 52.4 Å². The number of nitrogens with zero attached hydrogens (tertiary/aromatic N) is 1. The van der Waals surface area contributed by atoms with Gasteiger partial charge in [-0.25, -0.2) is 4.39 Å². The normalized spacial score (nSPS) is 10.3. The number of ether oxygens (including phenoxy) is 1. The average molecular weight is 316 g/mol. The van der Waals surface area contributed by atoms with Crippen molar-refractivity contribution < 1.29 is 14.1 Å². The molecule has 2 aromatic carbocycles. The van der Waals surface area contributed by atoms with E-state index in [1.165, 1.54) is 12.1 Å². The summed E-state index contributed by atoms with van der Waals surface area (Å²) in [4.78, 5) is 10.2. The molecular formula is C13H8Cl2FNO3. The minimum atomic E-state index is -0.834. The Morgan fingerprint density at radius 3 is 2.60 bits per heavy atom. The zero-order valence-electron chi connectivity index (χ0n) is 9.98. The molecule has 0 unspecified atom stereocenters. The fourth-order valence-corrected chi connectivity index (χ4v) is 2.19. The van der Waals surface area contributed by atoms with Crippen LogP contribution in [0.5, 0.6) is 11.5 Å². The maximum Gasteiger partial charge on any atom is 0.314 e. The van der Waals surface area contributed by atoms with Crippen LogP contribution < -0.4 is 4.74 Å². The van der Waals surface area contributed by atoms with E-state index in [0.717, 1.165) is 12.1 Å². The highest BCUT2D eigenvalue weighted by Gasteiger charge is 2.21. The molecule has 7 heteroatoms. The summed E-state index contributed by atoms with van der Waals surface area (Å²) in [7, 11) is 0. The molecule has 0 heterocycles. The summed E-state index contributed by atoms with van der Waals surface area (Å²) in [5.41, 5.74) is -0.0288. The number of benzene rings is 2. The zero-order chi connectivity index (χ0) is 14.7. The molecule has 0 aromatic heterocycles. The lowest BCUT2D eigenvalue weighted by molar-refractivity contribution is -0.385. The van der Waals surface area contributed by atoms with Gasteiger partial charge in [0.2, 0.25) is 5.75 Å². The third-order valence-electron chi connectivity index (χ3n) is 2.56. The third kappa shape index (κ3) is 2.84. The van der Waals surface area contributed by atoms with Crippen molar-refractivity contribution >= 4 is 28.9 Å². The van der Waals surface area contributed by atoms with Crippen molar-refractivity contribution in [2.75, 3.05) is 0 Å². The van der Waals surface area contributed by atoms with Gasteiger partial charge in [0.15, 0.2) is 5.82 Å². The van der Waals surface area contributed by atoms with Gasteiger partial charge < -0.3 is 4.74 Å². The first-order chi connectivity index (χ1) is 9.54. The minimum Gasteiger partial charge on any atom is -0.447 e. The lowest BCUT2D eigenvalue weighted by atomic mass is 10.2. The van der Waals surface area contributed by atoms with E-state index >= 15 is 0 Å². The summed E-state index contributed by atoms with van der Waals surface area (Å²) in [5, 5.41) is 11.2. The predicted octanol–water partition coefficient (Wildman–Crippen LogP) is 4.92. The number of alkyl halides is 1. The van der Waals surface area contributed by atoms with Gasteiger partial charge in [0.25, 0.3) is 0 Å². The fourth-order valence-electron chi connectivity index (χ4n) is 1.62. The first kappa shape index (κ1) is 14.6. The molecule has 0 aliphatic rings. The first-order valence-electron chi connectivity index (χ1n) is 5.48. The second-order valence-corrected chi connectivity index (χ2v) is 4.47. The molecular weight excluding hydrogens is 308 g/mol. The molecule has 0 aliphatic heterocycles. The number of hydrogen-bond donors (Lipinski definition) is 0. The van der Waals surface area contributed by atoms with E-state index in [2.05, 4.69) is 0 Å². The Bertz CT molecular complexity index is 664. The molecule has 0 aliphatic carbocycles. The van der Waals surface area contributed by atoms with E-state index in [1.807, 2.05) is 0 Å². The zero-order valence-corrected chi connectivity index (χ0v) is 11.5. The first-order valence-corrected chi connectivity index (χ1v) is 6.40. The summed E-state index contributed by atoms with van der Waals surface area (Å²) in [6.07, 6.45) is 0. The Kier molecular flexibility index (Phi) is 4.42. The molecule has 0 saturated heterocycles. The smallest absolute Gasteiger partial charge is 0.314 e. The van der Waals surface area contributed by atoms with E-state index in [1.54, 1.807) is 12.1 Å². The average Bonchev–Trinajstić information content (AvgIpc) is 2.41. The molecule has 0 fully saturated rings. The van der Waals surface area contributed by atoms with Crippen LogP contribution in [-0.2, 0) is 5.88 Å². The lowest BCUT2D eigenvalue weighted by Crippen LogP contribution is -1.98. The summed E-state index contributed by atoms with van der Waals surface area (Å²) in [5.74, 6) is -1.08. The van der Waals surface area contributed by atoms with Crippen molar-refractivity contribution in [3.63, 3.8) is 0 Å². The van der Waals surface area contributed by atoms with Gasteiger partial charge in [-0.15, -0.1) is 11.6 Å². The van der Waals surface area contributed by atoms with Crippen molar-refractivity contribution in [2.45, 2.75) is 5.88 Å². The quantitative estimate of drug-likeness (QED) is 0.457. The Labute approximate surface area is 123 Å². The van der Waals surface area contributed by atoms with Gasteiger partial charge in [-0.1, -0.05) is 23.7 Å². The lowest BCUT2D eigenvalue weighted by Gasteiger charge is -2.11. The molecule has 0 saturated carbocycles. The molecule has 0 spiro atoms. The van der Waals surface area contributed by atoms with Crippen LogP contribution in [-0.4, -0.2) is 4.92 Å². The van der Waals surface area contributed by atoms with E-state index < -0.39 is 22.2 Å². The van der Waals surface area contributed by atoms with Crippen molar-refractivity contribution in [1.29, 1.82) is 0 Å². The highest BCUT2D eigenvalue weighted by molar-refractivity contribution is 6.32. The third-order valence-corrected chi connectivity index (χ3v) is 3.19. The monoisotopic (exact) mass is 315 g/mol. The summed E-state index contributed by atoms with van der Waals surface area (Å²) in [6, 6.07) is 8.17. The van der Waals surface area contributed by atoms with Crippen LogP contribution in [0.4, 0.5) is 10.1 Å². The minimum absolute atomic E-state index is 0.0389. The van der Waals surface area contributed by atoms with E-state index in [9.17, 15) is 14.5 Å². The van der Waals surface area contributed by atoms with Crippen LogP contribution in [0.15, 0.2) is 36.4 Å². The van der Waals surface area contributed by atoms with Crippen molar-refractivity contribution in [1.82, 2.24) is 0 Å².